The largest absolute Gasteiger partial charge is 0.358 e. The lowest BCUT2D eigenvalue weighted by atomic mass is 9.54. The monoisotopic (exact) mass is 332 g/mol. The van der Waals surface area contributed by atoms with Gasteiger partial charge in [0.25, 0.3) is 0 Å². The van der Waals surface area contributed by atoms with Crippen LogP contribution in [0.25, 0.3) is 0 Å². The van der Waals surface area contributed by atoms with Gasteiger partial charge in [0.05, 0.1) is 0 Å². The second-order valence-corrected chi connectivity index (χ2v) is 8.91. The molecule has 24 heavy (non-hydrogen) atoms. The van der Waals surface area contributed by atoms with Gasteiger partial charge in [0.1, 0.15) is 17.0 Å². The first kappa shape index (κ1) is 15.5. The number of allylic oxidation sites excluding steroid dienone is 1. The molecule has 0 aromatic carbocycles. The van der Waals surface area contributed by atoms with E-state index in [4.69, 9.17) is 14.2 Å². The van der Waals surface area contributed by atoms with Gasteiger partial charge in [-0.25, -0.2) is 0 Å². The lowest BCUT2D eigenvalue weighted by molar-refractivity contribution is -0.229. The quantitative estimate of drug-likeness (QED) is 0.442. The van der Waals surface area contributed by atoms with E-state index in [0.717, 1.165) is 51.4 Å². The van der Waals surface area contributed by atoms with E-state index in [-0.39, 0.29) is 16.6 Å². The summed E-state index contributed by atoms with van der Waals surface area (Å²) in [6.07, 6.45) is 10.0. The second-order valence-electron chi connectivity index (χ2n) is 8.91. The van der Waals surface area contributed by atoms with Crippen molar-refractivity contribution < 1.29 is 19.0 Å². The SMILES string of the molecule is COC1(OC)CC[C@]23OC2(CC[C@@H]2C3=CC[C@]3(C)C(=O)CC[C@@H]23)C1. The Bertz CT molecular complexity index is 636. The van der Waals surface area contributed by atoms with Crippen molar-refractivity contribution in [2.24, 2.45) is 17.3 Å². The fourth-order valence-electron chi connectivity index (χ4n) is 6.80. The zero-order valence-electron chi connectivity index (χ0n) is 15.0. The molecule has 4 fully saturated rings. The van der Waals surface area contributed by atoms with Gasteiger partial charge in [0.2, 0.25) is 0 Å². The minimum atomic E-state index is -0.486. The average molecular weight is 332 g/mol. The molecule has 5 aliphatic rings. The van der Waals surface area contributed by atoms with Crippen LogP contribution in [0.2, 0.25) is 0 Å². The maximum absolute atomic E-state index is 12.4. The molecule has 4 nitrogen and oxygen atoms in total. The molecule has 1 aliphatic heterocycles. The van der Waals surface area contributed by atoms with E-state index in [1.165, 1.54) is 5.57 Å². The molecule has 0 spiro atoms. The minimum absolute atomic E-state index is 0.0799. The number of hydrogen-bond acceptors (Lipinski definition) is 4. The van der Waals surface area contributed by atoms with Gasteiger partial charge in [-0.15, -0.1) is 0 Å². The summed E-state index contributed by atoms with van der Waals surface area (Å²) >= 11 is 0. The fourth-order valence-corrected chi connectivity index (χ4v) is 6.80. The molecule has 0 aromatic heterocycles. The van der Waals surface area contributed by atoms with Crippen LogP contribution in [0.3, 0.4) is 0 Å². The molecule has 3 saturated carbocycles. The summed E-state index contributed by atoms with van der Waals surface area (Å²) in [4.78, 5) is 12.4. The summed E-state index contributed by atoms with van der Waals surface area (Å²) in [7, 11) is 3.49. The lowest BCUT2D eigenvalue weighted by Gasteiger charge is -2.49. The second kappa shape index (κ2) is 4.52. The number of ketones is 1. The summed E-state index contributed by atoms with van der Waals surface area (Å²) < 4.78 is 18.0. The van der Waals surface area contributed by atoms with Crippen LogP contribution in [0.4, 0.5) is 0 Å². The van der Waals surface area contributed by atoms with Crippen LogP contribution in [0.5, 0.6) is 0 Å². The number of ether oxygens (including phenoxy) is 3. The van der Waals surface area contributed by atoms with E-state index in [1.54, 1.807) is 14.2 Å². The number of carbonyl (C=O) groups is 1. The molecule has 4 aliphatic carbocycles. The third-order valence-corrected chi connectivity index (χ3v) is 8.32. The molecule has 0 N–H and O–H groups in total. The van der Waals surface area contributed by atoms with Crippen molar-refractivity contribution in [3.05, 3.63) is 11.6 Å². The van der Waals surface area contributed by atoms with E-state index in [9.17, 15) is 4.79 Å². The molecular formula is C20H28O4. The number of Topliss-reactive ketones (excluding diaryl/α,β-unsaturated/α-hetero) is 1. The molecule has 1 unspecified atom stereocenters. The van der Waals surface area contributed by atoms with Gasteiger partial charge in [-0.05, 0) is 49.5 Å². The molecule has 0 amide bonds. The van der Waals surface area contributed by atoms with Crippen molar-refractivity contribution >= 4 is 5.78 Å². The standard InChI is InChI=1S/C20H28O4/c1-17-8-7-15-13(14(17)4-5-16(17)21)6-9-18-12-19(22-2,23-3)10-11-20(15,18)24-18/h7,13-14H,4-6,8-12H2,1-3H3/t13-,14-,17-,18?,20+/m0/s1. The van der Waals surface area contributed by atoms with E-state index in [2.05, 4.69) is 13.0 Å². The van der Waals surface area contributed by atoms with Crippen LogP contribution in [0.15, 0.2) is 11.6 Å². The number of hydrogen-bond donors (Lipinski definition) is 0. The highest BCUT2D eigenvalue weighted by Crippen LogP contribution is 2.72. The zero-order chi connectivity index (χ0) is 16.8. The maximum Gasteiger partial charge on any atom is 0.170 e. The Hall–Kier alpha value is -0.710. The smallest absolute Gasteiger partial charge is 0.170 e. The van der Waals surface area contributed by atoms with Crippen molar-refractivity contribution in [3.8, 4) is 0 Å². The van der Waals surface area contributed by atoms with Crippen LogP contribution in [-0.4, -0.2) is 37.0 Å². The maximum atomic E-state index is 12.4. The number of epoxide rings is 1. The van der Waals surface area contributed by atoms with Crippen molar-refractivity contribution in [2.45, 2.75) is 75.3 Å². The van der Waals surface area contributed by atoms with Gasteiger partial charge in [0, 0.05) is 38.9 Å². The minimum Gasteiger partial charge on any atom is -0.358 e. The van der Waals surface area contributed by atoms with Crippen molar-refractivity contribution in [1.29, 1.82) is 0 Å². The summed E-state index contributed by atoms with van der Waals surface area (Å²) in [6, 6.07) is 0. The average Bonchev–Trinajstić information content (AvgIpc) is 3.19. The Morgan fingerprint density at radius 1 is 1.17 bits per heavy atom. The molecule has 4 heteroatoms. The molecule has 0 aromatic rings. The first-order chi connectivity index (χ1) is 11.4. The van der Waals surface area contributed by atoms with Crippen LogP contribution < -0.4 is 0 Å². The van der Waals surface area contributed by atoms with Gasteiger partial charge in [-0.1, -0.05) is 13.0 Å². The van der Waals surface area contributed by atoms with E-state index < -0.39 is 5.79 Å². The number of methoxy groups -OCH3 is 2. The topological polar surface area (TPSA) is 48.1 Å². The first-order valence-corrected chi connectivity index (χ1v) is 9.49. The molecule has 1 heterocycles. The molecule has 0 radical (unpaired) electrons. The summed E-state index contributed by atoms with van der Waals surface area (Å²) in [5, 5.41) is 0. The van der Waals surface area contributed by atoms with Gasteiger partial charge < -0.3 is 14.2 Å². The third kappa shape index (κ3) is 1.59. The number of rotatable bonds is 2. The number of carbonyl (C=O) groups excluding carboxylic acids is 1. The van der Waals surface area contributed by atoms with Crippen molar-refractivity contribution in [2.75, 3.05) is 14.2 Å². The summed E-state index contributed by atoms with van der Waals surface area (Å²) in [5.74, 6) is 1.07. The van der Waals surface area contributed by atoms with Gasteiger partial charge >= 0.3 is 0 Å². The first-order valence-electron chi connectivity index (χ1n) is 9.49. The van der Waals surface area contributed by atoms with E-state index in [0.29, 0.717) is 17.6 Å². The molecule has 1 saturated heterocycles. The summed E-state index contributed by atoms with van der Waals surface area (Å²) in [6.45, 7) is 2.20. The summed E-state index contributed by atoms with van der Waals surface area (Å²) in [5.41, 5.74) is 1.24. The van der Waals surface area contributed by atoms with Gasteiger partial charge in [-0.2, -0.15) is 0 Å². The van der Waals surface area contributed by atoms with Crippen LogP contribution >= 0.6 is 0 Å². The highest BCUT2D eigenvalue weighted by Gasteiger charge is 2.78. The molecular weight excluding hydrogens is 304 g/mol. The Kier molecular flexibility index (Phi) is 2.92. The predicted molar refractivity (Wildman–Crippen MR) is 88.4 cm³/mol. The van der Waals surface area contributed by atoms with Crippen molar-refractivity contribution in [1.82, 2.24) is 0 Å². The van der Waals surface area contributed by atoms with E-state index >= 15 is 0 Å². The van der Waals surface area contributed by atoms with Crippen LogP contribution in [-0.2, 0) is 19.0 Å². The Morgan fingerprint density at radius 3 is 2.71 bits per heavy atom. The van der Waals surface area contributed by atoms with Crippen LogP contribution in [0, 0.1) is 17.3 Å². The highest BCUT2D eigenvalue weighted by atomic mass is 16.7. The fraction of sp³-hybridized carbons (Fsp3) is 0.850. The predicted octanol–water partition coefficient (Wildman–Crippen LogP) is 3.39. The molecule has 132 valence electrons. The molecule has 5 rings (SSSR count). The number of fused-ring (bicyclic) bond motifs is 3. The Labute approximate surface area is 143 Å². The van der Waals surface area contributed by atoms with Gasteiger partial charge in [-0.3, -0.25) is 4.79 Å². The van der Waals surface area contributed by atoms with E-state index in [1.807, 2.05) is 0 Å². The normalized spacial score (nSPS) is 51.1. The van der Waals surface area contributed by atoms with Gasteiger partial charge in [0.15, 0.2) is 5.79 Å². The van der Waals surface area contributed by atoms with Crippen molar-refractivity contribution in [3.63, 3.8) is 0 Å². The third-order valence-electron chi connectivity index (χ3n) is 8.32. The molecule has 0 bridgehead atoms. The Morgan fingerprint density at radius 2 is 1.96 bits per heavy atom. The molecule has 5 atom stereocenters. The Balaban J connectivity index is 1.50. The van der Waals surface area contributed by atoms with Crippen LogP contribution in [0.1, 0.15) is 58.3 Å². The lowest BCUT2D eigenvalue weighted by Crippen LogP contribution is -2.52. The highest BCUT2D eigenvalue weighted by molar-refractivity contribution is 5.87. The zero-order valence-corrected chi connectivity index (χ0v) is 15.0.